The van der Waals surface area contributed by atoms with Crippen molar-refractivity contribution >= 4 is 17.5 Å². The maximum absolute atomic E-state index is 13.2. The molecule has 4 nitrogen and oxygen atoms in total. The number of hydrogen-bond donors (Lipinski definition) is 0. The maximum Gasteiger partial charge on any atom is 0.417 e. The van der Waals surface area contributed by atoms with Gasteiger partial charge in [-0.15, -0.1) is 0 Å². The number of allylic oxidation sites excluding steroid dienone is 3. The Kier molecular flexibility index (Phi) is 5.22. The van der Waals surface area contributed by atoms with Crippen molar-refractivity contribution in [2.75, 3.05) is 5.75 Å². The van der Waals surface area contributed by atoms with Crippen LogP contribution in [0.25, 0.3) is 5.69 Å². The lowest BCUT2D eigenvalue weighted by molar-refractivity contribution is -0.137. The van der Waals surface area contributed by atoms with Crippen LogP contribution in [-0.2, 0) is 11.0 Å². The van der Waals surface area contributed by atoms with E-state index in [1.807, 2.05) is 26.0 Å². The molecule has 0 bridgehead atoms. The van der Waals surface area contributed by atoms with E-state index < -0.39 is 22.7 Å². The number of benzene rings is 1. The minimum atomic E-state index is -4.63. The molecule has 1 aliphatic rings. The Hall–Kier alpha value is -2.79. The van der Waals surface area contributed by atoms with Gasteiger partial charge < -0.3 is 0 Å². The molecular formula is C20H16F3N3OS. The van der Waals surface area contributed by atoms with Crippen molar-refractivity contribution in [1.29, 1.82) is 5.26 Å². The van der Waals surface area contributed by atoms with Crippen molar-refractivity contribution in [3.63, 3.8) is 0 Å². The highest BCUT2D eigenvalue weighted by Gasteiger charge is 2.34. The number of nitrogens with zero attached hydrogens (tertiary/aromatic N) is 3. The van der Waals surface area contributed by atoms with Crippen molar-refractivity contribution in [2.24, 2.45) is 5.41 Å². The number of aromatic nitrogens is 2. The summed E-state index contributed by atoms with van der Waals surface area (Å²) in [6.07, 6.45) is 3.74. The van der Waals surface area contributed by atoms with Gasteiger partial charge in [0.25, 0.3) is 0 Å². The highest BCUT2D eigenvalue weighted by atomic mass is 32.2. The van der Waals surface area contributed by atoms with Crippen LogP contribution in [0.5, 0.6) is 0 Å². The van der Waals surface area contributed by atoms with Gasteiger partial charge in [0.1, 0.15) is 0 Å². The lowest BCUT2D eigenvalue weighted by atomic mass is 9.83. The number of halogens is 3. The fourth-order valence-corrected chi connectivity index (χ4v) is 3.56. The second-order valence-corrected chi connectivity index (χ2v) is 7.79. The van der Waals surface area contributed by atoms with Crippen LogP contribution in [0.4, 0.5) is 13.2 Å². The Morgan fingerprint density at radius 1 is 1.32 bits per heavy atom. The highest BCUT2D eigenvalue weighted by molar-refractivity contribution is 7.99. The summed E-state index contributed by atoms with van der Waals surface area (Å²) in [6, 6.07) is 5.11. The zero-order chi connectivity index (χ0) is 20.5. The molecule has 0 fully saturated rings. The van der Waals surface area contributed by atoms with Crippen LogP contribution in [0.15, 0.2) is 59.6 Å². The number of imidazole rings is 1. The monoisotopic (exact) mass is 403 g/mol. The number of carbonyl (C=O) groups excluding carboxylic acids is 1. The molecule has 3 rings (SSSR count). The fraction of sp³-hybridized carbons (Fsp3) is 0.250. The number of alkyl halides is 3. The molecule has 0 saturated heterocycles. The number of thioether (sulfide) groups is 1. The molecule has 0 saturated carbocycles. The van der Waals surface area contributed by atoms with Crippen LogP contribution in [0.2, 0.25) is 0 Å². The van der Waals surface area contributed by atoms with E-state index in [9.17, 15) is 18.0 Å². The molecule has 144 valence electrons. The van der Waals surface area contributed by atoms with Gasteiger partial charge in [0.2, 0.25) is 0 Å². The van der Waals surface area contributed by atoms with Crippen LogP contribution in [0.1, 0.15) is 25.0 Å². The summed E-state index contributed by atoms with van der Waals surface area (Å²) in [4.78, 5) is 16.3. The minimum Gasteiger partial charge on any atom is -0.295 e. The van der Waals surface area contributed by atoms with Gasteiger partial charge >= 0.3 is 6.18 Å². The number of carbonyl (C=O) groups is 1. The second kappa shape index (κ2) is 7.32. The quantitative estimate of drug-likeness (QED) is 0.678. The first kappa shape index (κ1) is 20.0. The topological polar surface area (TPSA) is 58.7 Å². The molecule has 0 radical (unpaired) electrons. The third-order valence-corrected chi connectivity index (χ3v) is 5.39. The average molecular weight is 403 g/mol. The molecule has 1 aliphatic carbocycles. The third-order valence-electron chi connectivity index (χ3n) is 4.35. The summed E-state index contributed by atoms with van der Waals surface area (Å²) in [5, 5.41) is 9.42. The lowest BCUT2D eigenvalue weighted by Crippen LogP contribution is -2.22. The van der Waals surface area contributed by atoms with Crippen molar-refractivity contribution in [3.8, 4) is 11.8 Å². The minimum absolute atomic E-state index is 0.0100. The van der Waals surface area contributed by atoms with Crippen LogP contribution in [0, 0.1) is 16.7 Å². The van der Waals surface area contributed by atoms with Crippen LogP contribution < -0.4 is 0 Å². The predicted octanol–water partition coefficient (Wildman–Crippen LogP) is 4.95. The summed E-state index contributed by atoms with van der Waals surface area (Å²) >= 11 is 1.31. The molecule has 0 amide bonds. The van der Waals surface area contributed by atoms with Gasteiger partial charge in [-0.25, -0.2) is 4.98 Å². The molecule has 1 heterocycles. The Bertz CT molecular complexity index is 1030. The van der Waals surface area contributed by atoms with Gasteiger partial charge in [-0.05, 0) is 43.7 Å². The summed E-state index contributed by atoms with van der Waals surface area (Å²) in [5.74, 6) is 0.466. The fourth-order valence-electron chi connectivity index (χ4n) is 2.64. The average Bonchev–Trinajstić information content (AvgIpc) is 3.10. The van der Waals surface area contributed by atoms with Gasteiger partial charge in [-0.1, -0.05) is 23.9 Å². The van der Waals surface area contributed by atoms with Gasteiger partial charge in [0.15, 0.2) is 10.9 Å². The molecule has 28 heavy (non-hydrogen) atoms. The van der Waals surface area contributed by atoms with Crippen molar-refractivity contribution < 1.29 is 18.0 Å². The Labute approximate surface area is 164 Å². The standard InChI is InChI=1S/C20H16F3N3OS/c1-19(2)6-5-13(9-17(19)27)12-28-18-25-7-8-26(18)15-4-3-14(11-24)16(10-15)20(21,22)23/h3-10H,12H2,1-2H3. The number of rotatable bonds is 4. The van der Waals surface area contributed by atoms with E-state index in [1.54, 1.807) is 18.3 Å². The molecule has 1 aromatic heterocycles. The molecular weight excluding hydrogens is 387 g/mol. The summed E-state index contributed by atoms with van der Waals surface area (Å²) in [5.41, 5.74) is -0.855. The van der Waals surface area contributed by atoms with Crippen molar-refractivity contribution in [3.05, 3.63) is 65.5 Å². The van der Waals surface area contributed by atoms with E-state index >= 15 is 0 Å². The van der Waals surface area contributed by atoms with Crippen molar-refractivity contribution in [2.45, 2.75) is 25.2 Å². The Balaban J connectivity index is 1.85. The van der Waals surface area contributed by atoms with E-state index in [2.05, 4.69) is 4.98 Å². The molecule has 1 aromatic carbocycles. The summed E-state index contributed by atoms with van der Waals surface area (Å²) < 4.78 is 41.2. The Morgan fingerprint density at radius 3 is 2.71 bits per heavy atom. The van der Waals surface area contributed by atoms with Gasteiger partial charge in [0.05, 0.1) is 17.2 Å². The largest absolute Gasteiger partial charge is 0.417 e. The SMILES string of the molecule is CC1(C)C=CC(CSc2nccn2-c2ccc(C#N)c(C(F)(F)F)c2)=CC1=O. The molecule has 0 N–H and O–H groups in total. The lowest BCUT2D eigenvalue weighted by Gasteiger charge is -2.21. The highest BCUT2D eigenvalue weighted by Crippen LogP contribution is 2.34. The van der Waals surface area contributed by atoms with E-state index in [4.69, 9.17) is 5.26 Å². The van der Waals surface area contributed by atoms with Gasteiger partial charge in [0, 0.05) is 29.2 Å². The molecule has 0 atom stereocenters. The van der Waals surface area contributed by atoms with Crippen LogP contribution in [-0.4, -0.2) is 21.1 Å². The van der Waals surface area contributed by atoms with Gasteiger partial charge in [-0.3, -0.25) is 9.36 Å². The smallest absolute Gasteiger partial charge is 0.295 e. The van der Waals surface area contributed by atoms with Gasteiger partial charge in [-0.2, -0.15) is 18.4 Å². The first-order chi connectivity index (χ1) is 13.1. The first-order valence-corrected chi connectivity index (χ1v) is 9.32. The summed E-state index contributed by atoms with van der Waals surface area (Å²) in [6.45, 7) is 3.67. The summed E-state index contributed by atoms with van der Waals surface area (Å²) in [7, 11) is 0. The Morgan fingerprint density at radius 2 is 2.07 bits per heavy atom. The van der Waals surface area contributed by atoms with Crippen LogP contribution in [0.3, 0.4) is 0 Å². The maximum atomic E-state index is 13.2. The zero-order valence-electron chi connectivity index (χ0n) is 15.1. The predicted molar refractivity (Wildman–Crippen MR) is 100 cm³/mol. The van der Waals surface area contributed by atoms with E-state index in [0.29, 0.717) is 10.9 Å². The third kappa shape index (κ3) is 4.04. The number of nitriles is 1. The van der Waals surface area contributed by atoms with Crippen LogP contribution >= 0.6 is 11.8 Å². The molecule has 0 spiro atoms. The van der Waals surface area contributed by atoms with E-state index in [-0.39, 0.29) is 11.5 Å². The number of ketones is 1. The zero-order valence-corrected chi connectivity index (χ0v) is 15.9. The van der Waals surface area contributed by atoms with E-state index in [1.165, 1.54) is 28.6 Å². The second-order valence-electron chi connectivity index (χ2n) is 6.85. The molecule has 2 aromatic rings. The van der Waals surface area contributed by atoms with E-state index in [0.717, 1.165) is 17.7 Å². The molecule has 0 aliphatic heterocycles. The molecule has 8 heteroatoms. The van der Waals surface area contributed by atoms with Crippen molar-refractivity contribution in [1.82, 2.24) is 9.55 Å². The first-order valence-electron chi connectivity index (χ1n) is 8.34. The molecule has 0 unspecified atom stereocenters. The normalized spacial score (nSPS) is 16.0. The number of hydrogen-bond acceptors (Lipinski definition) is 4.